The lowest BCUT2D eigenvalue weighted by molar-refractivity contribution is 0.304. The van der Waals surface area contributed by atoms with E-state index in [4.69, 9.17) is 4.74 Å². The number of hydrogen-bond donors (Lipinski definition) is 0. The lowest BCUT2D eigenvalue weighted by Crippen LogP contribution is -2.15. The lowest BCUT2D eigenvalue weighted by atomic mass is 9.76. The van der Waals surface area contributed by atoms with Crippen LogP contribution in [0, 0.1) is 23.4 Å². The van der Waals surface area contributed by atoms with Crippen LogP contribution in [0.25, 0.3) is 0 Å². The van der Waals surface area contributed by atoms with Gasteiger partial charge in [-0.2, -0.15) is 0 Å². The van der Waals surface area contributed by atoms with Crippen LogP contribution in [0.15, 0.2) is 30.3 Å². The fourth-order valence-electron chi connectivity index (χ4n) is 4.80. The second-order valence-electron chi connectivity index (χ2n) is 8.84. The Morgan fingerprint density at radius 3 is 2.13 bits per heavy atom. The SMILES string of the molecule is CCCCCc1ccc(CCC2CCC(c3ccc(OCC)cc3F)CC2)c(F)c1F. The molecule has 1 saturated carbocycles. The summed E-state index contributed by atoms with van der Waals surface area (Å²) >= 11 is 0. The molecule has 3 rings (SSSR count). The number of aryl methyl sites for hydroxylation is 2. The van der Waals surface area contributed by atoms with E-state index in [1.54, 1.807) is 12.1 Å². The minimum atomic E-state index is -0.667. The molecule has 0 heterocycles. The first-order valence-electron chi connectivity index (χ1n) is 11.9. The van der Waals surface area contributed by atoms with E-state index in [0.29, 0.717) is 42.2 Å². The third kappa shape index (κ3) is 6.27. The van der Waals surface area contributed by atoms with Crippen molar-refractivity contribution in [3.63, 3.8) is 0 Å². The minimum Gasteiger partial charge on any atom is -0.494 e. The minimum absolute atomic E-state index is 0.189. The Balaban J connectivity index is 1.51. The van der Waals surface area contributed by atoms with Gasteiger partial charge in [-0.05, 0) is 92.9 Å². The standard InChI is InChI=1S/C27H35F3O/c1-3-5-6-7-21-14-15-22(27(30)26(21)29)13-10-19-8-11-20(12-9-19)24-17-16-23(31-4-2)18-25(24)28/h14-20H,3-13H2,1-2H3. The first kappa shape index (κ1) is 23.7. The largest absolute Gasteiger partial charge is 0.494 e. The average molecular weight is 433 g/mol. The summed E-state index contributed by atoms with van der Waals surface area (Å²) in [5, 5.41) is 0. The molecule has 1 fully saturated rings. The zero-order valence-electron chi connectivity index (χ0n) is 18.9. The zero-order valence-corrected chi connectivity index (χ0v) is 18.9. The van der Waals surface area contributed by atoms with E-state index >= 15 is 0 Å². The molecule has 1 aliphatic carbocycles. The first-order chi connectivity index (χ1) is 15.0. The normalized spacial score (nSPS) is 18.9. The molecule has 31 heavy (non-hydrogen) atoms. The number of benzene rings is 2. The molecule has 4 heteroatoms. The maximum Gasteiger partial charge on any atom is 0.162 e. The Bertz CT molecular complexity index is 841. The Labute approximate surface area is 185 Å². The molecule has 2 aromatic carbocycles. The fraction of sp³-hybridized carbons (Fsp3) is 0.556. The average Bonchev–Trinajstić information content (AvgIpc) is 2.77. The van der Waals surface area contributed by atoms with Gasteiger partial charge in [-0.1, -0.05) is 38.0 Å². The van der Waals surface area contributed by atoms with Gasteiger partial charge in [0.05, 0.1) is 6.61 Å². The van der Waals surface area contributed by atoms with Gasteiger partial charge in [-0.25, -0.2) is 13.2 Å². The second-order valence-corrected chi connectivity index (χ2v) is 8.84. The maximum absolute atomic E-state index is 14.5. The first-order valence-corrected chi connectivity index (χ1v) is 11.9. The Morgan fingerprint density at radius 1 is 0.839 bits per heavy atom. The van der Waals surface area contributed by atoms with Crippen LogP contribution >= 0.6 is 0 Å². The third-order valence-electron chi connectivity index (χ3n) is 6.68. The molecule has 0 bridgehead atoms. The van der Waals surface area contributed by atoms with E-state index in [2.05, 4.69) is 6.92 Å². The van der Waals surface area contributed by atoms with Crippen molar-refractivity contribution >= 4 is 0 Å². The third-order valence-corrected chi connectivity index (χ3v) is 6.68. The molecule has 170 valence electrons. The predicted molar refractivity (Wildman–Crippen MR) is 120 cm³/mol. The van der Waals surface area contributed by atoms with E-state index in [9.17, 15) is 13.2 Å². The van der Waals surface area contributed by atoms with Crippen LogP contribution in [0.2, 0.25) is 0 Å². The monoisotopic (exact) mass is 432 g/mol. The summed E-state index contributed by atoms with van der Waals surface area (Å²) in [6, 6.07) is 8.70. The summed E-state index contributed by atoms with van der Waals surface area (Å²) in [6.45, 7) is 4.51. The van der Waals surface area contributed by atoms with Crippen LogP contribution in [-0.2, 0) is 12.8 Å². The van der Waals surface area contributed by atoms with Gasteiger partial charge in [0, 0.05) is 6.07 Å². The van der Waals surface area contributed by atoms with E-state index in [0.717, 1.165) is 56.9 Å². The summed E-state index contributed by atoms with van der Waals surface area (Å²) in [5.41, 5.74) is 1.75. The molecular formula is C27H35F3O. The second kappa shape index (κ2) is 11.6. The number of hydrogen-bond acceptors (Lipinski definition) is 1. The Morgan fingerprint density at radius 2 is 1.52 bits per heavy atom. The summed E-state index contributed by atoms with van der Waals surface area (Å²) in [4.78, 5) is 0. The van der Waals surface area contributed by atoms with Gasteiger partial charge in [-0.15, -0.1) is 0 Å². The van der Waals surface area contributed by atoms with E-state index < -0.39 is 11.6 Å². The number of rotatable bonds is 10. The molecule has 2 aromatic rings. The summed E-state index contributed by atoms with van der Waals surface area (Å²) in [7, 11) is 0. The van der Waals surface area contributed by atoms with Crippen molar-refractivity contribution in [3.8, 4) is 5.75 Å². The van der Waals surface area contributed by atoms with Gasteiger partial charge < -0.3 is 4.74 Å². The van der Waals surface area contributed by atoms with Crippen LogP contribution < -0.4 is 4.74 Å². The van der Waals surface area contributed by atoms with Crippen molar-refractivity contribution in [1.82, 2.24) is 0 Å². The van der Waals surface area contributed by atoms with Crippen LogP contribution in [0.3, 0.4) is 0 Å². The molecule has 0 amide bonds. The van der Waals surface area contributed by atoms with Gasteiger partial charge >= 0.3 is 0 Å². The van der Waals surface area contributed by atoms with Crippen molar-refractivity contribution in [3.05, 3.63) is 64.5 Å². The number of halogens is 3. The highest BCUT2D eigenvalue weighted by atomic mass is 19.2. The van der Waals surface area contributed by atoms with E-state index in [1.165, 1.54) is 6.07 Å². The van der Waals surface area contributed by atoms with Gasteiger partial charge in [0.15, 0.2) is 11.6 Å². The van der Waals surface area contributed by atoms with Gasteiger partial charge in [0.1, 0.15) is 11.6 Å². The van der Waals surface area contributed by atoms with Crippen LogP contribution in [0.5, 0.6) is 5.75 Å². The molecule has 0 spiro atoms. The maximum atomic E-state index is 14.5. The quantitative estimate of drug-likeness (QED) is 0.344. The van der Waals surface area contributed by atoms with Crippen molar-refractivity contribution in [2.24, 2.45) is 5.92 Å². The summed E-state index contributed by atoms with van der Waals surface area (Å²) in [5.74, 6) is -0.242. The molecule has 0 N–H and O–H groups in total. The smallest absolute Gasteiger partial charge is 0.162 e. The molecule has 0 saturated heterocycles. The molecule has 0 unspecified atom stereocenters. The number of unbranched alkanes of at least 4 members (excludes halogenated alkanes) is 2. The predicted octanol–water partition coefficient (Wildman–Crippen LogP) is 8.14. The van der Waals surface area contributed by atoms with E-state index in [-0.39, 0.29) is 11.7 Å². The Hall–Kier alpha value is -1.97. The van der Waals surface area contributed by atoms with Crippen molar-refractivity contribution in [2.75, 3.05) is 6.61 Å². The molecule has 0 radical (unpaired) electrons. The highest BCUT2D eigenvalue weighted by molar-refractivity contribution is 5.31. The van der Waals surface area contributed by atoms with Crippen molar-refractivity contribution < 1.29 is 17.9 Å². The molecule has 0 aromatic heterocycles. The molecule has 1 nitrogen and oxygen atoms in total. The van der Waals surface area contributed by atoms with Gasteiger partial charge in [0.2, 0.25) is 0 Å². The topological polar surface area (TPSA) is 9.23 Å². The van der Waals surface area contributed by atoms with Crippen LogP contribution in [0.1, 0.15) is 87.8 Å². The summed E-state index contributed by atoms with van der Waals surface area (Å²) in [6.07, 6.45) is 8.86. The van der Waals surface area contributed by atoms with E-state index in [1.807, 2.05) is 19.1 Å². The van der Waals surface area contributed by atoms with Crippen molar-refractivity contribution in [2.45, 2.75) is 84.0 Å². The lowest BCUT2D eigenvalue weighted by Gasteiger charge is -2.29. The highest BCUT2D eigenvalue weighted by Gasteiger charge is 2.25. The number of ether oxygens (including phenoxy) is 1. The molecule has 1 aliphatic rings. The van der Waals surface area contributed by atoms with Gasteiger partial charge in [0.25, 0.3) is 0 Å². The van der Waals surface area contributed by atoms with Crippen LogP contribution in [-0.4, -0.2) is 6.61 Å². The van der Waals surface area contributed by atoms with Crippen molar-refractivity contribution in [1.29, 1.82) is 0 Å². The highest BCUT2D eigenvalue weighted by Crippen LogP contribution is 2.39. The zero-order chi connectivity index (χ0) is 22.2. The summed E-state index contributed by atoms with van der Waals surface area (Å²) < 4.78 is 48.8. The Kier molecular flexibility index (Phi) is 8.86. The molecular weight excluding hydrogens is 397 g/mol. The fourth-order valence-corrected chi connectivity index (χ4v) is 4.80. The molecule has 0 aliphatic heterocycles. The molecule has 0 atom stereocenters. The van der Waals surface area contributed by atoms with Gasteiger partial charge in [-0.3, -0.25) is 0 Å². The van der Waals surface area contributed by atoms with Crippen LogP contribution in [0.4, 0.5) is 13.2 Å².